The van der Waals surface area contributed by atoms with E-state index in [-0.39, 0.29) is 35.5 Å². The van der Waals surface area contributed by atoms with Crippen LogP contribution in [-0.2, 0) is 32.6 Å². The second-order valence-corrected chi connectivity index (χ2v) is 13.9. The number of rotatable bonds is 14. The third-order valence-corrected chi connectivity index (χ3v) is 10.0. The van der Waals surface area contributed by atoms with Crippen molar-refractivity contribution >= 4 is 27.5 Å². The largest absolute Gasteiger partial charge is 0.495 e. The lowest BCUT2D eigenvalue weighted by molar-refractivity contribution is -0.140. The van der Waals surface area contributed by atoms with Crippen LogP contribution in [0.3, 0.4) is 0 Å². The van der Waals surface area contributed by atoms with Gasteiger partial charge in [-0.15, -0.1) is 0 Å². The van der Waals surface area contributed by atoms with Gasteiger partial charge in [0.1, 0.15) is 18.3 Å². The van der Waals surface area contributed by atoms with Crippen LogP contribution >= 0.6 is 0 Å². The van der Waals surface area contributed by atoms with Crippen LogP contribution in [0, 0.1) is 20.8 Å². The highest BCUT2D eigenvalue weighted by atomic mass is 32.2. The fourth-order valence-corrected chi connectivity index (χ4v) is 6.65. The van der Waals surface area contributed by atoms with E-state index >= 15 is 0 Å². The maximum atomic E-state index is 14.7. The molecule has 0 heterocycles. The number of methoxy groups -OCH3 is 1. The predicted molar refractivity (Wildman–Crippen MR) is 187 cm³/mol. The number of hydrogen-bond acceptors (Lipinski definition) is 5. The van der Waals surface area contributed by atoms with Crippen LogP contribution in [0.15, 0.2) is 102 Å². The van der Waals surface area contributed by atoms with Crippen LogP contribution in [0.5, 0.6) is 5.75 Å². The maximum Gasteiger partial charge on any atom is 0.264 e. The Balaban J connectivity index is 1.85. The lowest BCUT2D eigenvalue weighted by Gasteiger charge is -2.34. The van der Waals surface area contributed by atoms with Gasteiger partial charge in [-0.1, -0.05) is 90.8 Å². The zero-order valence-corrected chi connectivity index (χ0v) is 28.9. The normalized spacial score (nSPS) is 12.6. The van der Waals surface area contributed by atoms with Gasteiger partial charge in [-0.2, -0.15) is 0 Å². The van der Waals surface area contributed by atoms with Crippen molar-refractivity contribution < 1.29 is 22.7 Å². The summed E-state index contributed by atoms with van der Waals surface area (Å²) in [5.41, 5.74) is 4.69. The molecule has 0 saturated carbocycles. The Hall–Kier alpha value is -4.63. The highest BCUT2D eigenvalue weighted by molar-refractivity contribution is 7.92. The second-order valence-electron chi connectivity index (χ2n) is 12.0. The van der Waals surface area contributed by atoms with E-state index in [2.05, 4.69) is 5.32 Å². The molecule has 0 aliphatic heterocycles. The topological polar surface area (TPSA) is 96.0 Å². The van der Waals surface area contributed by atoms with Crippen LogP contribution < -0.4 is 14.4 Å². The number of ether oxygens (including phenoxy) is 1. The average molecular weight is 656 g/mol. The van der Waals surface area contributed by atoms with E-state index < -0.39 is 28.5 Å². The standard InChI is InChI=1S/C38H45N3O5S/c1-7-30(5)39-38(43)35(24-31-11-9-8-10-12-31)40(25-32-18-13-27(2)14-19-32)37(42)26-41(34-23-29(4)17-22-36(34)46-6)47(44,45)33-20-15-28(3)16-21-33/h8-23,30,35H,7,24-26H2,1-6H3,(H,39,43). The molecule has 9 heteroatoms. The number of amides is 2. The molecule has 0 aromatic heterocycles. The Morgan fingerprint density at radius 1 is 0.809 bits per heavy atom. The molecule has 2 unspecified atom stereocenters. The van der Waals surface area contributed by atoms with E-state index in [1.165, 1.54) is 24.1 Å². The van der Waals surface area contributed by atoms with Crippen molar-refractivity contribution in [3.63, 3.8) is 0 Å². The Morgan fingerprint density at radius 3 is 2.00 bits per heavy atom. The van der Waals surface area contributed by atoms with Gasteiger partial charge in [0, 0.05) is 19.0 Å². The fourth-order valence-electron chi connectivity index (χ4n) is 5.23. The van der Waals surface area contributed by atoms with Gasteiger partial charge in [-0.3, -0.25) is 13.9 Å². The lowest BCUT2D eigenvalue weighted by Crippen LogP contribution is -2.54. The van der Waals surface area contributed by atoms with Crippen LogP contribution in [0.1, 0.15) is 48.1 Å². The molecule has 8 nitrogen and oxygen atoms in total. The molecule has 0 aliphatic rings. The second kappa shape index (κ2) is 15.8. The molecule has 47 heavy (non-hydrogen) atoms. The van der Waals surface area contributed by atoms with Crippen LogP contribution in [0.2, 0.25) is 0 Å². The minimum Gasteiger partial charge on any atom is -0.495 e. The average Bonchev–Trinajstić information content (AvgIpc) is 3.06. The van der Waals surface area contributed by atoms with Crippen LogP contribution in [-0.4, -0.2) is 50.9 Å². The molecule has 0 saturated heterocycles. The first-order valence-electron chi connectivity index (χ1n) is 15.9. The summed E-state index contributed by atoms with van der Waals surface area (Å²) < 4.78 is 35.5. The zero-order chi connectivity index (χ0) is 34.1. The highest BCUT2D eigenvalue weighted by Crippen LogP contribution is 2.34. The van der Waals surface area contributed by atoms with Crippen LogP contribution in [0.25, 0.3) is 0 Å². The van der Waals surface area contributed by atoms with Crippen molar-refractivity contribution in [2.75, 3.05) is 18.0 Å². The molecular formula is C38H45N3O5S. The SMILES string of the molecule is CCC(C)NC(=O)C(Cc1ccccc1)N(Cc1ccc(C)cc1)C(=O)CN(c1cc(C)ccc1OC)S(=O)(=O)c1ccc(C)cc1. The summed E-state index contributed by atoms with van der Waals surface area (Å²) in [6.45, 7) is 9.16. The summed E-state index contributed by atoms with van der Waals surface area (Å²) in [6, 6.07) is 28.0. The molecule has 0 bridgehead atoms. The summed E-state index contributed by atoms with van der Waals surface area (Å²) in [7, 11) is -2.79. The number of aryl methyl sites for hydroxylation is 3. The van der Waals surface area contributed by atoms with E-state index in [0.29, 0.717) is 12.2 Å². The van der Waals surface area contributed by atoms with Crippen molar-refractivity contribution in [3.05, 3.63) is 125 Å². The molecule has 1 N–H and O–H groups in total. The Labute approximate surface area is 279 Å². The van der Waals surface area contributed by atoms with E-state index in [0.717, 1.165) is 32.1 Å². The van der Waals surface area contributed by atoms with Crippen molar-refractivity contribution in [3.8, 4) is 5.75 Å². The molecule has 2 amide bonds. The molecular weight excluding hydrogens is 611 g/mol. The molecule has 4 rings (SSSR count). The van der Waals surface area contributed by atoms with Gasteiger partial charge in [-0.25, -0.2) is 8.42 Å². The van der Waals surface area contributed by atoms with Gasteiger partial charge in [0.15, 0.2) is 0 Å². The third kappa shape index (κ3) is 9.01. The first kappa shape index (κ1) is 35.2. The van der Waals surface area contributed by atoms with Crippen molar-refractivity contribution in [2.45, 2.75) is 71.0 Å². The van der Waals surface area contributed by atoms with Crippen molar-refractivity contribution in [1.29, 1.82) is 0 Å². The molecule has 0 fully saturated rings. The monoisotopic (exact) mass is 655 g/mol. The van der Waals surface area contributed by atoms with Crippen molar-refractivity contribution in [2.24, 2.45) is 0 Å². The third-order valence-electron chi connectivity index (χ3n) is 8.24. The zero-order valence-electron chi connectivity index (χ0n) is 28.1. The summed E-state index contributed by atoms with van der Waals surface area (Å²) in [5, 5.41) is 3.07. The van der Waals surface area contributed by atoms with E-state index in [9.17, 15) is 18.0 Å². The molecule has 2 atom stereocenters. The molecule has 0 radical (unpaired) electrons. The van der Waals surface area contributed by atoms with Gasteiger partial charge in [0.25, 0.3) is 10.0 Å². The van der Waals surface area contributed by atoms with Gasteiger partial charge in [-0.05, 0) is 75.1 Å². The number of hydrogen-bond donors (Lipinski definition) is 1. The fraction of sp³-hybridized carbons (Fsp3) is 0.316. The Bertz CT molecular complexity index is 1760. The van der Waals surface area contributed by atoms with Crippen LogP contribution in [0.4, 0.5) is 5.69 Å². The summed E-state index contributed by atoms with van der Waals surface area (Å²) in [4.78, 5) is 30.3. The first-order valence-corrected chi connectivity index (χ1v) is 17.3. The first-order chi connectivity index (χ1) is 22.4. The smallest absolute Gasteiger partial charge is 0.264 e. The van der Waals surface area contributed by atoms with E-state index in [1.54, 1.807) is 24.3 Å². The molecule has 0 spiro atoms. The quantitative estimate of drug-likeness (QED) is 0.170. The Kier molecular flexibility index (Phi) is 11.8. The number of nitrogens with one attached hydrogen (secondary N) is 1. The number of sulfonamides is 1. The van der Waals surface area contributed by atoms with Crippen molar-refractivity contribution in [1.82, 2.24) is 10.2 Å². The number of carbonyl (C=O) groups excluding carboxylic acids is 2. The van der Waals surface area contributed by atoms with E-state index in [1.807, 2.05) is 95.3 Å². The number of carbonyl (C=O) groups is 2. The van der Waals surface area contributed by atoms with Gasteiger partial charge >= 0.3 is 0 Å². The minimum atomic E-state index is -4.25. The van der Waals surface area contributed by atoms with Gasteiger partial charge in [0.05, 0.1) is 17.7 Å². The summed E-state index contributed by atoms with van der Waals surface area (Å²) in [5.74, 6) is -0.519. The summed E-state index contributed by atoms with van der Waals surface area (Å²) in [6.07, 6.45) is 0.963. The molecule has 4 aromatic rings. The predicted octanol–water partition coefficient (Wildman–Crippen LogP) is 6.37. The van der Waals surface area contributed by atoms with E-state index in [4.69, 9.17) is 4.74 Å². The molecule has 4 aromatic carbocycles. The number of nitrogens with zero attached hydrogens (tertiary/aromatic N) is 2. The molecule has 0 aliphatic carbocycles. The Morgan fingerprint density at radius 2 is 1.40 bits per heavy atom. The highest BCUT2D eigenvalue weighted by Gasteiger charge is 2.36. The number of anilines is 1. The van der Waals surface area contributed by atoms with Gasteiger partial charge in [0.2, 0.25) is 11.8 Å². The van der Waals surface area contributed by atoms with Gasteiger partial charge < -0.3 is 15.0 Å². The maximum absolute atomic E-state index is 14.7. The minimum absolute atomic E-state index is 0.0416. The molecule has 248 valence electrons. The summed E-state index contributed by atoms with van der Waals surface area (Å²) >= 11 is 0. The number of benzene rings is 4. The lowest BCUT2D eigenvalue weighted by atomic mass is 10.0.